The minimum absolute atomic E-state index is 0.178. The molecule has 0 aliphatic carbocycles. The van der Waals surface area contributed by atoms with Gasteiger partial charge in [0, 0.05) is 12.6 Å². The second kappa shape index (κ2) is 3.80. The Morgan fingerprint density at radius 3 is 3.00 bits per heavy atom. The summed E-state index contributed by atoms with van der Waals surface area (Å²) < 4.78 is 24.4. The zero-order chi connectivity index (χ0) is 11.9. The van der Waals surface area contributed by atoms with E-state index in [1.54, 1.807) is 4.52 Å². The van der Waals surface area contributed by atoms with Crippen molar-refractivity contribution in [1.82, 2.24) is 14.6 Å². The van der Waals surface area contributed by atoms with E-state index in [-0.39, 0.29) is 11.7 Å². The Hall–Kier alpha value is -1.43. The van der Waals surface area contributed by atoms with Crippen LogP contribution in [0.2, 0.25) is 0 Å². The first-order chi connectivity index (χ1) is 8.12. The molecular formula is C11H13N3O2S. The average molecular weight is 251 g/mol. The first kappa shape index (κ1) is 10.7. The maximum Gasteiger partial charge on any atom is 0.155 e. The maximum absolute atomic E-state index is 11.4. The van der Waals surface area contributed by atoms with Crippen LogP contribution in [0.25, 0.3) is 5.65 Å². The van der Waals surface area contributed by atoms with Crippen LogP contribution in [0.3, 0.4) is 0 Å². The Bertz CT molecular complexity index is 615. The third-order valence-electron chi connectivity index (χ3n) is 3.08. The predicted octanol–water partition coefficient (Wildman–Crippen LogP) is 0.707. The number of fused-ring (bicyclic) bond motifs is 1. The molecule has 0 spiro atoms. The van der Waals surface area contributed by atoms with Crippen molar-refractivity contribution in [2.24, 2.45) is 5.92 Å². The molecular weight excluding hydrogens is 238 g/mol. The lowest BCUT2D eigenvalue weighted by atomic mass is 10.1. The Labute approximate surface area is 99.4 Å². The first-order valence-corrected chi connectivity index (χ1v) is 7.45. The Morgan fingerprint density at radius 2 is 2.29 bits per heavy atom. The molecule has 1 aliphatic heterocycles. The van der Waals surface area contributed by atoms with Gasteiger partial charge >= 0.3 is 0 Å². The lowest BCUT2D eigenvalue weighted by Gasteiger charge is -2.01. The van der Waals surface area contributed by atoms with Gasteiger partial charge in [-0.3, -0.25) is 0 Å². The van der Waals surface area contributed by atoms with Crippen molar-refractivity contribution in [3.8, 4) is 0 Å². The van der Waals surface area contributed by atoms with Crippen molar-refractivity contribution in [1.29, 1.82) is 0 Å². The monoisotopic (exact) mass is 251 g/mol. The zero-order valence-electron chi connectivity index (χ0n) is 9.28. The second-order valence-electron chi connectivity index (χ2n) is 4.50. The van der Waals surface area contributed by atoms with E-state index in [1.165, 1.54) is 0 Å². The second-order valence-corrected chi connectivity index (χ2v) is 6.73. The number of aromatic nitrogens is 3. The minimum atomic E-state index is -2.81. The molecule has 1 unspecified atom stereocenters. The van der Waals surface area contributed by atoms with Gasteiger partial charge in [0.2, 0.25) is 0 Å². The largest absolute Gasteiger partial charge is 0.229 e. The van der Waals surface area contributed by atoms with Crippen LogP contribution in [0.4, 0.5) is 0 Å². The predicted molar refractivity (Wildman–Crippen MR) is 63.5 cm³/mol. The molecule has 90 valence electrons. The standard InChI is InChI=1S/C11H13N3O2S/c15-17(16)6-4-9(8-17)7-10-12-11-3-1-2-5-14(11)13-10/h1-3,5,9H,4,6-8H2. The van der Waals surface area contributed by atoms with Gasteiger partial charge in [0.05, 0.1) is 11.5 Å². The van der Waals surface area contributed by atoms with Gasteiger partial charge in [-0.25, -0.2) is 17.9 Å². The van der Waals surface area contributed by atoms with Crippen molar-refractivity contribution in [2.45, 2.75) is 12.8 Å². The molecule has 3 rings (SSSR count). The van der Waals surface area contributed by atoms with Gasteiger partial charge in [0.25, 0.3) is 0 Å². The molecule has 0 bridgehead atoms. The fourth-order valence-corrected chi connectivity index (χ4v) is 4.12. The summed E-state index contributed by atoms with van der Waals surface area (Å²) in [6, 6.07) is 5.70. The number of hydrogen-bond acceptors (Lipinski definition) is 4. The van der Waals surface area contributed by atoms with E-state index in [2.05, 4.69) is 10.1 Å². The highest BCUT2D eigenvalue weighted by Gasteiger charge is 2.28. The van der Waals surface area contributed by atoms with Crippen LogP contribution in [0.1, 0.15) is 12.2 Å². The number of rotatable bonds is 2. The van der Waals surface area contributed by atoms with Gasteiger partial charge in [-0.1, -0.05) is 6.07 Å². The van der Waals surface area contributed by atoms with E-state index < -0.39 is 9.84 Å². The first-order valence-electron chi connectivity index (χ1n) is 5.63. The number of nitrogens with zero attached hydrogens (tertiary/aromatic N) is 3. The fourth-order valence-electron chi connectivity index (χ4n) is 2.26. The van der Waals surface area contributed by atoms with Crippen molar-refractivity contribution in [2.75, 3.05) is 11.5 Å². The molecule has 1 aliphatic rings. The van der Waals surface area contributed by atoms with E-state index in [0.29, 0.717) is 12.2 Å². The SMILES string of the molecule is O=S1(=O)CCC(Cc2nc3ccccn3n2)C1. The summed E-state index contributed by atoms with van der Waals surface area (Å²) in [5, 5.41) is 4.33. The summed E-state index contributed by atoms with van der Waals surface area (Å²) in [6.45, 7) is 0. The van der Waals surface area contributed by atoms with Gasteiger partial charge in [-0.05, 0) is 24.5 Å². The summed E-state index contributed by atoms with van der Waals surface area (Å²) in [5.41, 5.74) is 0.809. The van der Waals surface area contributed by atoms with Gasteiger partial charge < -0.3 is 0 Å². The summed E-state index contributed by atoms with van der Waals surface area (Å²) >= 11 is 0. The van der Waals surface area contributed by atoms with Gasteiger partial charge in [-0.2, -0.15) is 5.10 Å². The Balaban J connectivity index is 1.81. The van der Waals surface area contributed by atoms with Crippen LogP contribution in [0.15, 0.2) is 24.4 Å². The van der Waals surface area contributed by atoms with Crippen molar-refractivity contribution in [3.63, 3.8) is 0 Å². The molecule has 6 heteroatoms. The van der Waals surface area contributed by atoms with Crippen LogP contribution in [0, 0.1) is 5.92 Å². The maximum atomic E-state index is 11.4. The molecule has 5 nitrogen and oxygen atoms in total. The van der Waals surface area contributed by atoms with Gasteiger partial charge in [-0.15, -0.1) is 0 Å². The molecule has 17 heavy (non-hydrogen) atoms. The van der Waals surface area contributed by atoms with E-state index in [9.17, 15) is 8.42 Å². The summed E-state index contributed by atoms with van der Waals surface area (Å²) in [5.74, 6) is 1.50. The van der Waals surface area contributed by atoms with E-state index in [0.717, 1.165) is 17.9 Å². The summed E-state index contributed by atoms with van der Waals surface area (Å²) in [6.07, 6.45) is 3.23. The molecule has 0 amide bonds. The molecule has 0 saturated carbocycles. The number of pyridine rings is 1. The Morgan fingerprint density at radius 1 is 1.41 bits per heavy atom. The van der Waals surface area contributed by atoms with Crippen LogP contribution in [0.5, 0.6) is 0 Å². The van der Waals surface area contributed by atoms with E-state index in [1.807, 2.05) is 24.4 Å². The van der Waals surface area contributed by atoms with E-state index >= 15 is 0 Å². The topological polar surface area (TPSA) is 64.3 Å². The normalized spacial score (nSPS) is 23.2. The Kier molecular flexibility index (Phi) is 2.39. The molecule has 1 atom stereocenters. The van der Waals surface area contributed by atoms with Gasteiger partial charge in [0.15, 0.2) is 21.3 Å². The molecule has 2 aromatic heterocycles. The lowest BCUT2D eigenvalue weighted by Crippen LogP contribution is -2.08. The molecule has 0 radical (unpaired) electrons. The van der Waals surface area contributed by atoms with Crippen LogP contribution >= 0.6 is 0 Å². The number of sulfone groups is 1. The molecule has 1 fully saturated rings. The zero-order valence-corrected chi connectivity index (χ0v) is 10.1. The summed E-state index contributed by atoms with van der Waals surface area (Å²) in [7, 11) is -2.81. The molecule has 0 aromatic carbocycles. The van der Waals surface area contributed by atoms with Gasteiger partial charge in [0.1, 0.15) is 0 Å². The average Bonchev–Trinajstić information content (AvgIpc) is 2.81. The molecule has 3 heterocycles. The third kappa shape index (κ3) is 2.17. The highest BCUT2D eigenvalue weighted by atomic mass is 32.2. The third-order valence-corrected chi connectivity index (χ3v) is 4.92. The van der Waals surface area contributed by atoms with Crippen LogP contribution in [-0.4, -0.2) is 34.5 Å². The van der Waals surface area contributed by atoms with Crippen molar-refractivity contribution >= 4 is 15.5 Å². The van der Waals surface area contributed by atoms with Crippen LogP contribution < -0.4 is 0 Å². The summed E-state index contributed by atoms with van der Waals surface area (Å²) in [4.78, 5) is 4.38. The highest BCUT2D eigenvalue weighted by Crippen LogP contribution is 2.21. The van der Waals surface area contributed by atoms with Crippen molar-refractivity contribution < 1.29 is 8.42 Å². The van der Waals surface area contributed by atoms with E-state index in [4.69, 9.17) is 0 Å². The number of hydrogen-bond donors (Lipinski definition) is 0. The molecule has 2 aromatic rings. The molecule has 0 N–H and O–H groups in total. The van der Waals surface area contributed by atoms with Crippen LogP contribution in [-0.2, 0) is 16.3 Å². The smallest absolute Gasteiger partial charge is 0.155 e. The molecule has 1 saturated heterocycles. The lowest BCUT2D eigenvalue weighted by molar-refractivity contribution is 0.569. The fraction of sp³-hybridized carbons (Fsp3) is 0.455. The van der Waals surface area contributed by atoms with Crippen molar-refractivity contribution in [3.05, 3.63) is 30.2 Å². The minimum Gasteiger partial charge on any atom is -0.229 e. The quantitative estimate of drug-likeness (QED) is 0.788. The highest BCUT2D eigenvalue weighted by molar-refractivity contribution is 7.91.